The van der Waals surface area contributed by atoms with E-state index in [1.807, 2.05) is 0 Å². The Morgan fingerprint density at radius 1 is 0.804 bits per heavy atom. The molecule has 6 rings (SSSR count). The Bertz CT molecular complexity index is 1440. The summed E-state index contributed by atoms with van der Waals surface area (Å²) in [7, 11) is 0. The van der Waals surface area contributed by atoms with Gasteiger partial charge in [-0.2, -0.15) is 0 Å². The summed E-state index contributed by atoms with van der Waals surface area (Å²) in [5, 5.41) is 93.1. The molecule has 19 atom stereocenters. The van der Waals surface area contributed by atoms with Crippen LogP contribution in [0.25, 0.3) is 0 Å². The van der Waals surface area contributed by atoms with Gasteiger partial charge in [-0.25, -0.2) is 0 Å². The molecule has 6 aliphatic rings. The van der Waals surface area contributed by atoms with E-state index in [9.17, 15) is 50.8 Å². The lowest BCUT2D eigenvalue weighted by Crippen LogP contribution is -2.64. The Labute approximate surface area is 331 Å². The van der Waals surface area contributed by atoms with Gasteiger partial charge < -0.3 is 64.9 Å². The van der Waals surface area contributed by atoms with E-state index in [0.29, 0.717) is 32.1 Å². The molecule has 322 valence electrons. The molecule has 5 fully saturated rings. The molecule has 56 heavy (non-hydrogen) atoms. The van der Waals surface area contributed by atoms with Gasteiger partial charge in [-0.1, -0.05) is 53.2 Å². The number of ketones is 1. The van der Waals surface area contributed by atoms with Crippen molar-refractivity contribution in [3.05, 3.63) is 11.6 Å². The minimum Gasteiger partial charge on any atom is -0.394 e. The molecule has 2 aliphatic heterocycles. The summed E-state index contributed by atoms with van der Waals surface area (Å²) >= 11 is 0. The lowest BCUT2D eigenvalue weighted by molar-refractivity contribution is -0.322. The fraction of sp³-hybridized carbons (Fsp3) is 0.929. The highest BCUT2D eigenvalue weighted by Crippen LogP contribution is 2.74. The summed E-state index contributed by atoms with van der Waals surface area (Å²) in [4.78, 5) is 14.9. The smallest absolute Gasteiger partial charge is 0.187 e. The van der Waals surface area contributed by atoms with Crippen LogP contribution in [0, 0.1) is 45.3 Å². The van der Waals surface area contributed by atoms with E-state index < -0.39 is 103 Å². The van der Waals surface area contributed by atoms with Crippen molar-refractivity contribution in [2.75, 3.05) is 13.2 Å². The van der Waals surface area contributed by atoms with Crippen LogP contribution >= 0.6 is 0 Å². The quantitative estimate of drug-likeness (QED) is 0.134. The first kappa shape index (κ1) is 44.4. The standard InChI is InChI=1S/C42H70O14/c1-20(9-13-29(39(4,5)52)56-37-35(51)33(49)31(47)25(19-44)54-37)21-15-16-40(6)26-12-10-22-23(42(26,8)27(45)17-41(21,40)7)11-14-28(38(22,2)3)55-36-34(50)32(48)30(46)24(18-43)53-36/h10,20-21,23-26,28-37,43-44,46-52H,9,11-19H2,1-8H3. The number of carbonyl (C=O) groups is 1. The Hall–Kier alpha value is -1.11. The van der Waals surface area contributed by atoms with Gasteiger partial charge in [0, 0.05) is 17.3 Å². The summed E-state index contributed by atoms with van der Waals surface area (Å²) in [6.45, 7) is 15.4. The second-order valence-electron chi connectivity index (χ2n) is 20.0. The fourth-order valence-corrected chi connectivity index (χ4v) is 12.5. The second-order valence-corrected chi connectivity index (χ2v) is 20.0. The van der Waals surface area contributed by atoms with Crippen LogP contribution in [0.3, 0.4) is 0 Å². The molecule has 0 bridgehead atoms. The first-order chi connectivity index (χ1) is 26.0. The van der Waals surface area contributed by atoms with Crippen LogP contribution in [-0.2, 0) is 23.7 Å². The van der Waals surface area contributed by atoms with E-state index in [0.717, 1.165) is 24.8 Å². The van der Waals surface area contributed by atoms with Crippen LogP contribution < -0.4 is 0 Å². The summed E-state index contributed by atoms with van der Waals surface area (Å²) in [6, 6.07) is 0. The van der Waals surface area contributed by atoms with Gasteiger partial charge in [-0.05, 0) is 93.3 Å². The third-order valence-electron chi connectivity index (χ3n) is 16.3. The Morgan fingerprint density at radius 2 is 1.38 bits per heavy atom. The van der Waals surface area contributed by atoms with Gasteiger partial charge in [-0.3, -0.25) is 4.79 Å². The van der Waals surface area contributed by atoms with Crippen molar-refractivity contribution >= 4 is 5.78 Å². The highest BCUT2D eigenvalue weighted by atomic mass is 16.7. The monoisotopic (exact) mass is 798 g/mol. The second kappa shape index (κ2) is 15.7. The summed E-state index contributed by atoms with van der Waals surface area (Å²) in [5.41, 5.74) is -1.70. The van der Waals surface area contributed by atoms with Crippen LogP contribution in [0.2, 0.25) is 0 Å². The molecule has 0 spiro atoms. The molecule has 0 aromatic rings. The highest BCUT2D eigenvalue weighted by molar-refractivity contribution is 5.88. The number of allylic oxidation sites excluding steroid dienone is 1. The first-order valence-corrected chi connectivity index (χ1v) is 20.9. The van der Waals surface area contributed by atoms with E-state index in [1.54, 1.807) is 13.8 Å². The molecule has 3 saturated carbocycles. The predicted molar refractivity (Wildman–Crippen MR) is 201 cm³/mol. The van der Waals surface area contributed by atoms with Crippen molar-refractivity contribution in [2.45, 2.75) is 186 Å². The summed E-state index contributed by atoms with van der Waals surface area (Å²) < 4.78 is 23.8. The molecule has 9 N–H and O–H groups in total. The summed E-state index contributed by atoms with van der Waals surface area (Å²) in [6.07, 6.45) is -7.32. The zero-order valence-electron chi connectivity index (χ0n) is 34.5. The number of fused-ring (bicyclic) bond motifs is 5. The third-order valence-corrected chi connectivity index (χ3v) is 16.3. The number of rotatable bonds is 11. The van der Waals surface area contributed by atoms with Crippen LogP contribution in [0.5, 0.6) is 0 Å². The van der Waals surface area contributed by atoms with Crippen LogP contribution in [0.1, 0.15) is 107 Å². The lowest BCUT2D eigenvalue weighted by atomic mass is 9.38. The molecule has 0 aromatic carbocycles. The van der Waals surface area contributed by atoms with E-state index in [2.05, 4.69) is 47.6 Å². The minimum absolute atomic E-state index is 0.00311. The van der Waals surface area contributed by atoms with Crippen molar-refractivity contribution in [1.29, 1.82) is 0 Å². The number of aliphatic hydroxyl groups excluding tert-OH is 8. The number of ether oxygens (including phenoxy) is 4. The number of carbonyl (C=O) groups excluding carboxylic acids is 1. The largest absolute Gasteiger partial charge is 0.394 e. The molecule has 14 nitrogen and oxygen atoms in total. The zero-order valence-corrected chi connectivity index (χ0v) is 34.5. The van der Waals surface area contributed by atoms with Gasteiger partial charge in [0.15, 0.2) is 12.6 Å². The van der Waals surface area contributed by atoms with E-state index in [1.165, 1.54) is 0 Å². The Morgan fingerprint density at radius 3 is 1.95 bits per heavy atom. The molecule has 2 heterocycles. The Kier molecular flexibility index (Phi) is 12.5. The van der Waals surface area contributed by atoms with Crippen LogP contribution in [0.15, 0.2) is 11.6 Å². The first-order valence-electron chi connectivity index (χ1n) is 20.9. The molecule has 19 unspecified atom stereocenters. The molecular formula is C42H70O14. The third kappa shape index (κ3) is 7.07. The van der Waals surface area contributed by atoms with E-state index >= 15 is 0 Å². The number of hydrogen-bond acceptors (Lipinski definition) is 14. The van der Waals surface area contributed by atoms with Crippen molar-refractivity contribution in [1.82, 2.24) is 0 Å². The average molecular weight is 799 g/mol. The molecule has 0 aromatic heterocycles. The summed E-state index contributed by atoms with van der Waals surface area (Å²) in [5.74, 6) is 0.778. The molecule has 0 amide bonds. The predicted octanol–water partition coefficient (Wildman–Crippen LogP) is 1.33. The lowest BCUT2D eigenvalue weighted by Gasteiger charge is -2.65. The van der Waals surface area contributed by atoms with Crippen molar-refractivity contribution in [2.24, 2.45) is 45.3 Å². The fourth-order valence-electron chi connectivity index (χ4n) is 12.5. The van der Waals surface area contributed by atoms with Gasteiger partial charge in [0.2, 0.25) is 0 Å². The molecule has 4 aliphatic carbocycles. The van der Waals surface area contributed by atoms with Crippen LogP contribution in [-0.4, -0.2) is 144 Å². The van der Waals surface area contributed by atoms with Crippen molar-refractivity contribution in [3.8, 4) is 0 Å². The topological polar surface area (TPSA) is 236 Å². The SMILES string of the molecule is CC(CCC(OC1OC(CO)C(O)C(O)C1O)C(C)(C)O)C1CCC2(C)C3CC=C4C(CCC(OC5OC(CO)C(O)C(O)C5O)C4(C)C)C3(C)C(=O)CC12C. The zero-order chi connectivity index (χ0) is 41.5. The number of hydrogen-bond donors (Lipinski definition) is 9. The molecule has 0 radical (unpaired) electrons. The molecular weight excluding hydrogens is 728 g/mol. The number of aliphatic hydroxyl groups is 9. The molecule has 14 heteroatoms. The Balaban J connectivity index is 1.17. The van der Waals surface area contributed by atoms with Crippen LogP contribution in [0.4, 0.5) is 0 Å². The number of Topliss-reactive ketones (excluding diaryl/α,β-unsaturated/α-hetero) is 1. The maximum Gasteiger partial charge on any atom is 0.187 e. The minimum atomic E-state index is -1.59. The normalized spacial score (nSPS) is 49.0. The van der Waals surface area contributed by atoms with Gasteiger partial charge >= 0.3 is 0 Å². The van der Waals surface area contributed by atoms with Gasteiger partial charge in [0.1, 0.15) is 54.6 Å². The average Bonchev–Trinajstić information content (AvgIpc) is 3.40. The highest BCUT2D eigenvalue weighted by Gasteiger charge is 2.70. The van der Waals surface area contributed by atoms with Gasteiger partial charge in [-0.15, -0.1) is 0 Å². The van der Waals surface area contributed by atoms with E-state index in [4.69, 9.17) is 18.9 Å². The maximum atomic E-state index is 14.9. The van der Waals surface area contributed by atoms with Gasteiger partial charge in [0.25, 0.3) is 0 Å². The van der Waals surface area contributed by atoms with Crippen molar-refractivity contribution < 1.29 is 69.7 Å². The molecule has 2 saturated heterocycles. The maximum absolute atomic E-state index is 14.9. The van der Waals surface area contributed by atoms with Gasteiger partial charge in [0.05, 0.1) is 31.0 Å². The van der Waals surface area contributed by atoms with Crippen molar-refractivity contribution in [3.63, 3.8) is 0 Å². The van der Waals surface area contributed by atoms with E-state index in [-0.39, 0.29) is 40.3 Å².